The van der Waals surface area contributed by atoms with E-state index in [9.17, 15) is 13.6 Å². The molecule has 6 nitrogen and oxygen atoms in total. The Kier molecular flexibility index (Phi) is 9.04. The van der Waals surface area contributed by atoms with Gasteiger partial charge in [-0.1, -0.05) is 6.07 Å². The van der Waals surface area contributed by atoms with Crippen LogP contribution in [-0.2, 0) is 16.0 Å². The summed E-state index contributed by atoms with van der Waals surface area (Å²) >= 11 is 0. The molecule has 26 heavy (non-hydrogen) atoms. The SMILES string of the molecule is COc1ccc(CCNC(=O)C2(CN)CCOCC2)cc1OC(F)F.Cl. The van der Waals surface area contributed by atoms with Crippen molar-refractivity contribution in [2.24, 2.45) is 11.1 Å². The van der Waals surface area contributed by atoms with Crippen molar-refractivity contribution in [3.05, 3.63) is 23.8 Å². The first-order valence-electron chi connectivity index (χ1n) is 8.18. The summed E-state index contributed by atoms with van der Waals surface area (Å²) < 4.78 is 39.7. The summed E-state index contributed by atoms with van der Waals surface area (Å²) in [6.45, 7) is -1.23. The molecule has 0 radical (unpaired) electrons. The lowest BCUT2D eigenvalue weighted by molar-refractivity contribution is -0.135. The highest BCUT2D eigenvalue weighted by Gasteiger charge is 2.38. The average molecular weight is 395 g/mol. The fourth-order valence-corrected chi connectivity index (χ4v) is 2.86. The number of methoxy groups -OCH3 is 1. The molecule has 1 heterocycles. The maximum absolute atomic E-state index is 12.5. The number of hydrogen-bond donors (Lipinski definition) is 2. The molecule has 1 aromatic rings. The van der Waals surface area contributed by atoms with Crippen LogP contribution in [0.1, 0.15) is 18.4 Å². The zero-order valence-corrected chi connectivity index (χ0v) is 15.5. The predicted molar refractivity (Wildman–Crippen MR) is 95.1 cm³/mol. The highest BCUT2D eigenvalue weighted by Crippen LogP contribution is 2.30. The molecule has 1 aliphatic heterocycles. The minimum atomic E-state index is -2.93. The van der Waals surface area contributed by atoms with Crippen LogP contribution in [0, 0.1) is 5.41 Å². The maximum atomic E-state index is 12.5. The van der Waals surface area contributed by atoms with Gasteiger partial charge < -0.3 is 25.3 Å². The molecule has 0 aromatic heterocycles. The van der Waals surface area contributed by atoms with Crippen molar-refractivity contribution < 1.29 is 27.8 Å². The molecule has 0 aliphatic carbocycles. The third-order valence-electron chi connectivity index (χ3n) is 4.47. The normalized spacial score (nSPS) is 15.9. The van der Waals surface area contributed by atoms with Crippen LogP contribution in [0.3, 0.4) is 0 Å². The highest BCUT2D eigenvalue weighted by molar-refractivity contribution is 5.85. The Hall–Kier alpha value is -1.64. The first-order valence-corrected chi connectivity index (χ1v) is 8.18. The number of amides is 1. The maximum Gasteiger partial charge on any atom is 0.387 e. The lowest BCUT2D eigenvalue weighted by Gasteiger charge is -2.34. The van der Waals surface area contributed by atoms with Crippen LogP contribution < -0.4 is 20.5 Å². The Morgan fingerprint density at radius 2 is 2.04 bits per heavy atom. The quantitative estimate of drug-likeness (QED) is 0.705. The molecular weight excluding hydrogens is 370 g/mol. The molecule has 0 atom stereocenters. The van der Waals surface area contributed by atoms with Gasteiger partial charge in [-0.05, 0) is 37.0 Å². The Balaban J connectivity index is 0.00000338. The molecule has 0 saturated carbocycles. The van der Waals surface area contributed by atoms with Gasteiger partial charge in [0.2, 0.25) is 5.91 Å². The van der Waals surface area contributed by atoms with Crippen molar-refractivity contribution in [1.82, 2.24) is 5.32 Å². The smallest absolute Gasteiger partial charge is 0.387 e. The van der Waals surface area contributed by atoms with E-state index < -0.39 is 12.0 Å². The number of carbonyl (C=O) groups excluding carboxylic acids is 1. The van der Waals surface area contributed by atoms with Crippen molar-refractivity contribution in [3.63, 3.8) is 0 Å². The second-order valence-electron chi connectivity index (χ2n) is 5.97. The third kappa shape index (κ3) is 5.69. The molecular formula is C17H25ClF2N2O4. The second kappa shape index (κ2) is 10.5. The van der Waals surface area contributed by atoms with Gasteiger partial charge in [-0.2, -0.15) is 8.78 Å². The minimum Gasteiger partial charge on any atom is -0.493 e. The molecule has 2 rings (SSSR count). The fourth-order valence-electron chi connectivity index (χ4n) is 2.86. The Morgan fingerprint density at radius 3 is 2.62 bits per heavy atom. The van der Waals surface area contributed by atoms with Crippen LogP contribution in [0.5, 0.6) is 11.5 Å². The van der Waals surface area contributed by atoms with Gasteiger partial charge in [0.1, 0.15) is 0 Å². The van der Waals surface area contributed by atoms with Gasteiger partial charge in [-0.15, -0.1) is 12.4 Å². The Bertz CT molecular complexity index is 584. The van der Waals surface area contributed by atoms with Crippen molar-refractivity contribution in [2.75, 3.05) is 33.4 Å². The molecule has 9 heteroatoms. The van der Waals surface area contributed by atoms with Crippen molar-refractivity contribution in [2.45, 2.75) is 25.9 Å². The standard InChI is InChI=1S/C17H24F2N2O4.ClH/c1-23-13-3-2-12(10-14(13)25-16(18)19)4-7-21-15(22)17(11-20)5-8-24-9-6-17;/h2-3,10,16H,4-9,11,20H2,1H3,(H,21,22);1H. The first-order chi connectivity index (χ1) is 12.0. The van der Waals surface area contributed by atoms with Gasteiger partial charge in [0.15, 0.2) is 11.5 Å². The van der Waals surface area contributed by atoms with Gasteiger partial charge in [-0.3, -0.25) is 4.79 Å². The summed E-state index contributed by atoms with van der Waals surface area (Å²) in [4.78, 5) is 12.5. The molecule has 1 amide bonds. The van der Waals surface area contributed by atoms with E-state index in [2.05, 4.69) is 10.1 Å². The van der Waals surface area contributed by atoms with E-state index in [0.29, 0.717) is 39.0 Å². The molecule has 1 fully saturated rings. The lowest BCUT2D eigenvalue weighted by atomic mass is 9.79. The number of nitrogens with two attached hydrogens (primary N) is 1. The largest absolute Gasteiger partial charge is 0.493 e. The van der Waals surface area contributed by atoms with Crippen LogP contribution in [0.15, 0.2) is 18.2 Å². The minimum absolute atomic E-state index is 0. The van der Waals surface area contributed by atoms with Crippen molar-refractivity contribution >= 4 is 18.3 Å². The van der Waals surface area contributed by atoms with E-state index in [4.69, 9.17) is 15.2 Å². The van der Waals surface area contributed by atoms with Gasteiger partial charge in [-0.25, -0.2) is 0 Å². The van der Waals surface area contributed by atoms with Crippen molar-refractivity contribution in [3.8, 4) is 11.5 Å². The van der Waals surface area contributed by atoms with Crippen LogP contribution in [0.2, 0.25) is 0 Å². The number of benzene rings is 1. The highest BCUT2D eigenvalue weighted by atomic mass is 35.5. The Labute approximate surface area is 157 Å². The fraction of sp³-hybridized carbons (Fsp3) is 0.588. The van der Waals surface area contributed by atoms with Gasteiger partial charge in [0.25, 0.3) is 0 Å². The van der Waals surface area contributed by atoms with E-state index >= 15 is 0 Å². The summed E-state index contributed by atoms with van der Waals surface area (Å²) in [6.07, 6.45) is 1.68. The molecule has 148 valence electrons. The Morgan fingerprint density at radius 1 is 1.35 bits per heavy atom. The number of ether oxygens (including phenoxy) is 3. The van der Waals surface area contributed by atoms with E-state index in [-0.39, 0.29) is 36.4 Å². The molecule has 3 N–H and O–H groups in total. The van der Waals surface area contributed by atoms with Gasteiger partial charge in [0, 0.05) is 26.3 Å². The van der Waals surface area contributed by atoms with E-state index in [1.54, 1.807) is 12.1 Å². The summed E-state index contributed by atoms with van der Waals surface area (Å²) in [7, 11) is 1.38. The second-order valence-corrected chi connectivity index (χ2v) is 5.97. The third-order valence-corrected chi connectivity index (χ3v) is 4.47. The zero-order chi connectivity index (χ0) is 18.3. The van der Waals surface area contributed by atoms with Crippen LogP contribution >= 0.6 is 12.4 Å². The summed E-state index contributed by atoms with van der Waals surface area (Å²) in [5, 5.41) is 2.89. The lowest BCUT2D eigenvalue weighted by Crippen LogP contribution is -2.49. The van der Waals surface area contributed by atoms with E-state index in [1.165, 1.54) is 13.2 Å². The molecule has 0 bridgehead atoms. The summed E-state index contributed by atoms with van der Waals surface area (Å²) in [5.74, 6) is 0.123. The molecule has 1 aromatic carbocycles. The summed E-state index contributed by atoms with van der Waals surface area (Å²) in [6, 6.07) is 4.80. The number of carbonyl (C=O) groups is 1. The number of alkyl halides is 2. The van der Waals surface area contributed by atoms with Gasteiger partial charge >= 0.3 is 6.61 Å². The zero-order valence-electron chi connectivity index (χ0n) is 14.6. The predicted octanol–water partition coefficient (Wildman–Crippen LogP) is 2.13. The molecule has 0 spiro atoms. The monoisotopic (exact) mass is 394 g/mol. The van der Waals surface area contributed by atoms with Crippen LogP contribution in [0.25, 0.3) is 0 Å². The number of nitrogens with one attached hydrogen (secondary N) is 1. The van der Waals surface area contributed by atoms with Gasteiger partial charge in [0.05, 0.1) is 12.5 Å². The number of hydrogen-bond acceptors (Lipinski definition) is 5. The van der Waals surface area contributed by atoms with E-state index in [0.717, 1.165) is 5.56 Å². The van der Waals surface area contributed by atoms with Crippen LogP contribution in [-0.4, -0.2) is 45.9 Å². The number of rotatable bonds is 8. The van der Waals surface area contributed by atoms with Crippen molar-refractivity contribution in [1.29, 1.82) is 0 Å². The number of halogens is 3. The van der Waals surface area contributed by atoms with Crippen LogP contribution in [0.4, 0.5) is 8.78 Å². The van der Waals surface area contributed by atoms with E-state index in [1.807, 2.05) is 0 Å². The average Bonchev–Trinajstić information content (AvgIpc) is 2.62. The first kappa shape index (κ1) is 22.4. The molecule has 1 saturated heterocycles. The molecule has 1 aliphatic rings. The topological polar surface area (TPSA) is 82.8 Å². The summed E-state index contributed by atoms with van der Waals surface area (Å²) in [5.41, 5.74) is 5.98. The molecule has 0 unspecified atom stereocenters.